The zero-order valence-electron chi connectivity index (χ0n) is 15.1. The topological polar surface area (TPSA) is 78.5 Å². The maximum absolute atomic E-state index is 13.0. The molecule has 2 N–H and O–H groups in total. The number of hydrogen-bond acceptors (Lipinski definition) is 3. The first-order valence-electron chi connectivity index (χ1n) is 8.62. The normalized spacial score (nSPS) is 19.1. The van der Waals surface area contributed by atoms with Crippen LogP contribution in [-0.4, -0.2) is 29.3 Å². The number of rotatable bonds is 5. The lowest BCUT2D eigenvalue weighted by atomic mass is 9.87. The number of carbonyl (C=O) groups is 3. The maximum Gasteiger partial charge on any atom is 0.325 e. The van der Waals surface area contributed by atoms with E-state index in [4.69, 9.17) is 11.6 Å². The molecule has 2 aromatic rings. The Morgan fingerprint density at radius 2 is 1.74 bits per heavy atom. The van der Waals surface area contributed by atoms with Gasteiger partial charge in [0.25, 0.3) is 5.91 Å². The van der Waals surface area contributed by atoms with E-state index >= 15 is 0 Å². The Morgan fingerprint density at radius 1 is 1.11 bits per heavy atom. The molecule has 7 heteroatoms. The molecular weight excluding hydrogens is 366 g/mol. The first-order chi connectivity index (χ1) is 12.9. The van der Waals surface area contributed by atoms with Gasteiger partial charge in [0, 0.05) is 10.7 Å². The number of carbonyl (C=O) groups excluding carboxylic acids is 3. The standard InChI is InChI=1S/C20H20ClN3O3/c1-3-20(14-6-8-15(21)9-7-14)18(26)24(19(27)23-20)12-17(25)22-16-10-4-13(2)5-11-16/h4-11H,3,12H2,1-2H3,(H,22,25)(H,23,27). The van der Waals surface area contributed by atoms with E-state index in [1.807, 2.05) is 26.0 Å². The summed E-state index contributed by atoms with van der Waals surface area (Å²) in [5.41, 5.74) is 1.12. The summed E-state index contributed by atoms with van der Waals surface area (Å²) in [5, 5.41) is 5.98. The van der Waals surface area contributed by atoms with Gasteiger partial charge in [0.2, 0.25) is 5.91 Å². The van der Waals surface area contributed by atoms with Crippen molar-refractivity contribution in [2.24, 2.45) is 0 Å². The summed E-state index contributed by atoms with van der Waals surface area (Å²) in [4.78, 5) is 38.7. The molecule has 3 rings (SSSR count). The fourth-order valence-corrected chi connectivity index (χ4v) is 3.25. The second-order valence-corrected chi connectivity index (χ2v) is 6.94. The van der Waals surface area contributed by atoms with Gasteiger partial charge in [-0.05, 0) is 43.2 Å². The molecule has 140 valence electrons. The molecule has 1 aliphatic heterocycles. The van der Waals surface area contributed by atoms with Crippen LogP contribution in [0.1, 0.15) is 24.5 Å². The Hall–Kier alpha value is -2.86. The molecule has 0 aromatic heterocycles. The minimum absolute atomic E-state index is 0.353. The van der Waals surface area contributed by atoms with Gasteiger partial charge in [0.05, 0.1) is 0 Å². The summed E-state index contributed by atoms with van der Waals surface area (Å²) in [6, 6.07) is 13.4. The second-order valence-electron chi connectivity index (χ2n) is 6.50. The monoisotopic (exact) mass is 385 g/mol. The van der Waals surface area contributed by atoms with E-state index < -0.39 is 23.4 Å². The predicted octanol–water partition coefficient (Wildman–Crippen LogP) is 3.44. The summed E-state index contributed by atoms with van der Waals surface area (Å²) in [7, 11) is 0. The van der Waals surface area contributed by atoms with Crippen LogP contribution in [0.15, 0.2) is 48.5 Å². The Balaban J connectivity index is 1.77. The van der Waals surface area contributed by atoms with Crippen LogP contribution in [0.2, 0.25) is 5.02 Å². The van der Waals surface area contributed by atoms with Gasteiger partial charge >= 0.3 is 6.03 Å². The molecule has 1 fully saturated rings. The van der Waals surface area contributed by atoms with Crippen molar-refractivity contribution in [1.29, 1.82) is 0 Å². The van der Waals surface area contributed by atoms with Crippen LogP contribution in [0.3, 0.4) is 0 Å². The first-order valence-corrected chi connectivity index (χ1v) is 9.00. The number of aryl methyl sites for hydroxylation is 1. The van der Waals surface area contributed by atoms with Crippen molar-refractivity contribution in [2.75, 3.05) is 11.9 Å². The molecule has 0 bridgehead atoms. The van der Waals surface area contributed by atoms with E-state index in [-0.39, 0.29) is 6.54 Å². The Bertz CT molecular complexity index is 880. The third-order valence-corrected chi connectivity index (χ3v) is 4.93. The number of nitrogens with one attached hydrogen (secondary N) is 2. The summed E-state index contributed by atoms with van der Waals surface area (Å²) < 4.78 is 0. The highest BCUT2D eigenvalue weighted by molar-refractivity contribution is 6.30. The van der Waals surface area contributed by atoms with Crippen LogP contribution in [-0.2, 0) is 15.1 Å². The largest absolute Gasteiger partial charge is 0.325 e. The van der Waals surface area contributed by atoms with E-state index in [0.717, 1.165) is 10.5 Å². The van der Waals surface area contributed by atoms with Gasteiger partial charge in [-0.3, -0.25) is 14.5 Å². The van der Waals surface area contributed by atoms with E-state index in [2.05, 4.69) is 10.6 Å². The lowest BCUT2D eigenvalue weighted by Crippen LogP contribution is -2.44. The number of benzene rings is 2. The number of imide groups is 1. The van der Waals surface area contributed by atoms with Gasteiger partial charge in [-0.25, -0.2) is 4.79 Å². The Labute approximate surface area is 162 Å². The van der Waals surface area contributed by atoms with E-state index in [1.165, 1.54) is 0 Å². The lowest BCUT2D eigenvalue weighted by Gasteiger charge is -2.25. The minimum atomic E-state index is -1.19. The fourth-order valence-electron chi connectivity index (χ4n) is 3.12. The van der Waals surface area contributed by atoms with Crippen molar-refractivity contribution < 1.29 is 14.4 Å². The quantitative estimate of drug-likeness (QED) is 0.774. The van der Waals surface area contributed by atoms with Crippen LogP contribution in [0.5, 0.6) is 0 Å². The van der Waals surface area contributed by atoms with Crippen LogP contribution >= 0.6 is 11.6 Å². The highest BCUT2D eigenvalue weighted by Gasteiger charge is 2.51. The molecule has 1 heterocycles. The molecule has 4 amide bonds. The summed E-state index contributed by atoms with van der Waals surface area (Å²) >= 11 is 5.92. The molecule has 27 heavy (non-hydrogen) atoms. The number of urea groups is 1. The molecule has 2 aromatic carbocycles. The zero-order valence-corrected chi connectivity index (χ0v) is 15.8. The lowest BCUT2D eigenvalue weighted by molar-refractivity contribution is -0.134. The van der Waals surface area contributed by atoms with Crippen LogP contribution in [0, 0.1) is 6.92 Å². The van der Waals surface area contributed by atoms with Crippen molar-refractivity contribution >= 4 is 35.1 Å². The van der Waals surface area contributed by atoms with E-state index in [1.54, 1.807) is 36.4 Å². The Morgan fingerprint density at radius 3 is 2.33 bits per heavy atom. The number of halogens is 1. The SMILES string of the molecule is CCC1(c2ccc(Cl)cc2)NC(=O)N(CC(=O)Nc2ccc(C)cc2)C1=O. The molecular formula is C20H20ClN3O3. The highest BCUT2D eigenvalue weighted by Crippen LogP contribution is 2.33. The average molecular weight is 386 g/mol. The molecule has 0 aliphatic carbocycles. The fraction of sp³-hybridized carbons (Fsp3) is 0.250. The summed E-state index contributed by atoms with van der Waals surface area (Å²) in [5.74, 6) is -0.887. The van der Waals surface area contributed by atoms with Crippen molar-refractivity contribution in [3.8, 4) is 0 Å². The van der Waals surface area contributed by atoms with Crippen molar-refractivity contribution in [3.63, 3.8) is 0 Å². The van der Waals surface area contributed by atoms with Gasteiger partial charge < -0.3 is 10.6 Å². The number of hydrogen-bond donors (Lipinski definition) is 2. The Kier molecular flexibility index (Phi) is 5.19. The highest BCUT2D eigenvalue weighted by atomic mass is 35.5. The molecule has 6 nitrogen and oxygen atoms in total. The number of nitrogens with zero attached hydrogens (tertiary/aromatic N) is 1. The van der Waals surface area contributed by atoms with Crippen molar-refractivity contribution in [3.05, 3.63) is 64.7 Å². The molecule has 0 radical (unpaired) electrons. The van der Waals surface area contributed by atoms with E-state index in [0.29, 0.717) is 22.7 Å². The molecule has 1 unspecified atom stereocenters. The van der Waals surface area contributed by atoms with E-state index in [9.17, 15) is 14.4 Å². The minimum Gasteiger partial charge on any atom is -0.325 e. The summed E-state index contributed by atoms with van der Waals surface area (Å²) in [6.07, 6.45) is 0.356. The van der Waals surface area contributed by atoms with Crippen LogP contribution in [0.4, 0.5) is 10.5 Å². The summed E-state index contributed by atoms with van der Waals surface area (Å²) in [6.45, 7) is 3.40. The molecule has 1 atom stereocenters. The molecule has 0 spiro atoms. The molecule has 1 saturated heterocycles. The molecule has 0 saturated carbocycles. The van der Waals surface area contributed by atoms with Crippen LogP contribution in [0.25, 0.3) is 0 Å². The third kappa shape index (κ3) is 3.66. The van der Waals surface area contributed by atoms with Crippen molar-refractivity contribution in [2.45, 2.75) is 25.8 Å². The maximum atomic E-state index is 13.0. The van der Waals surface area contributed by atoms with Gasteiger partial charge in [-0.15, -0.1) is 0 Å². The third-order valence-electron chi connectivity index (χ3n) is 4.68. The number of amides is 4. The smallest absolute Gasteiger partial charge is 0.325 e. The first kappa shape index (κ1) is 18.9. The van der Waals surface area contributed by atoms with Gasteiger partial charge in [-0.2, -0.15) is 0 Å². The zero-order chi connectivity index (χ0) is 19.6. The van der Waals surface area contributed by atoms with Gasteiger partial charge in [0.1, 0.15) is 12.1 Å². The predicted molar refractivity (Wildman–Crippen MR) is 103 cm³/mol. The average Bonchev–Trinajstić information content (AvgIpc) is 2.89. The molecule has 1 aliphatic rings. The van der Waals surface area contributed by atoms with Gasteiger partial charge in [0.15, 0.2) is 0 Å². The van der Waals surface area contributed by atoms with Gasteiger partial charge in [-0.1, -0.05) is 48.4 Å². The van der Waals surface area contributed by atoms with Crippen molar-refractivity contribution in [1.82, 2.24) is 10.2 Å². The number of anilines is 1. The van der Waals surface area contributed by atoms with Crippen LogP contribution < -0.4 is 10.6 Å². The second kappa shape index (κ2) is 7.40.